The van der Waals surface area contributed by atoms with E-state index in [1.54, 1.807) is 29.3 Å². The van der Waals surface area contributed by atoms with Crippen LogP contribution in [0.5, 0.6) is 0 Å². The Hall–Kier alpha value is -2.31. The number of hydrogen-bond donors (Lipinski definition) is 1. The smallest absolute Gasteiger partial charge is 0.267 e. The molecule has 2 aliphatic rings. The molecule has 34 heavy (non-hydrogen) atoms. The van der Waals surface area contributed by atoms with Gasteiger partial charge in [0.2, 0.25) is 0 Å². The third-order valence-electron chi connectivity index (χ3n) is 5.86. The summed E-state index contributed by atoms with van der Waals surface area (Å²) < 4.78 is 7.36. The minimum absolute atomic E-state index is 0.118. The number of anilines is 1. The minimum Gasteiger partial charge on any atom is -0.395 e. The molecule has 2 aromatic heterocycles. The first-order valence-corrected chi connectivity index (χ1v) is 12.7. The lowest BCUT2D eigenvalue weighted by atomic mass is 10.2. The monoisotopic (exact) mass is 503 g/mol. The fourth-order valence-electron chi connectivity index (χ4n) is 4.08. The third-order valence-corrected chi connectivity index (χ3v) is 7.24. The zero-order valence-electron chi connectivity index (χ0n) is 19.2. The number of carbonyl (C=O) groups is 1. The van der Waals surface area contributed by atoms with Gasteiger partial charge in [-0.1, -0.05) is 30.0 Å². The van der Waals surface area contributed by atoms with Gasteiger partial charge in [0.1, 0.15) is 15.8 Å². The van der Waals surface area contributed by atoms with Crippen LogP contribution in [0, 0.1) is 0 Å². The maximum Gasteiger partial charge on any atom is 0.267 e. The van der Waals surface area contributed by atoms with Crippen molar-refractivity contribution in [2.45, 2.75) is 13.3 Å². The first-order valence-electron chi connectivity index (χ1n) is 11.5. The Labute approximate surface area is 208 Å². The predicted molar refractivity (Wildman–Crippen MR) is 138 cm³/mol. The standard InChI is InChI=1S/C23H29N5O4S2/c1-2-32-15-5-8-28-22(31)18(34-23(28)33)16-17-20(26-11-9-25(10-12-26)13-14-29)24-19-6-3-4-7-27(19)21(17)30/h3-4,6-7,16,29H,2,5,8-15H2,1H3/b18-16+. The highest BCUT2D eigenvalue weighted by Crippen LogP contribution is 2.33. The maximum absolute atomic E-state index is 13.5. The van der Waals surface area contributed by atoms with Gasteiger partial charge < -0.3 is 14.7 Å². The van der Waals surface area contributed by atoms with E-state index in [9.17, 15) is 14.7 Å². The number of ether oxygens (including phenoxy) is 1. The lowest BCUT2D eigenvalue weighted by molar-refractivity contribution is -0.122. The van der Waals surface area contributed by atoms with E-state index in [2.05, 4.69) is 9.80 Å². The number of rotatable bonds is 9. The summed E-state index contributed by atoms with van der Waals surface area (Å²) >= 11 is 6.66. The average Bonchev–Trinajstić information content (AvgIpc) is 3.11. The molecule has 11 heteroatoms. The lowest BCUT2D eigenvalue weighted by Gasteiger charge is -2.35. The summed E-state index contributed by atoms with van der Waals surface area (Å²) in [6, 6.07) is 5.43. The van der Waals surface area contributed by atoms with Crippen molar-refractivity contribution in [3.05, 3.63) is 45.2 Å². The zero-order chi connectivity index (χ0) is 24.1. The molecule has 2 saturated heterocycles. The van der Waals surface area contributed by atoms with E-state index in [0.717, 1.165) is 13.1 Å². The molecule has 4 rings (SSSR count). The fraction of sp³-hybridized carbons (Fsp3) is 0.478. The number of piperazine rings is 1. The highest BCUT2D eigenvalue weighted by Gasteiger charge is 2.33. The number of thiocarbonyl (C=S) groups is 1. The lowest BCUT2D eigenvalue weighted by Crippen LogP contribution is -2.48. The van der Waals surface area contributed by atoms with E-state index in [-0.39, 0.29) is 18.1 Å². The van der Waals surface area contributed by atoms with E-state index in [1.165, 1.54) is 16.2 Å². The van der Waals surface area contributed by atoms with E-state index in [0.29, 0.717) is 72.1 Å². The molecule has 0 unspecified atom stereocenters. The third kappa shape index (κ3) is 5.33. The summed E-state index contributed by atoms with van der Waals surface area (Å²) in [5.74, 6) is 0.379. The van der Waals surface area contributed by atoms with Crippen LogP contribution in [-0.2, 0) is 9.53 Å². The number of nitrogens with zero attached hydrogens (tertiary/aromatic N) is 5. The van der Waals surface area contributed by atoms with Crippen molar-refractivity contribution >= 4 is 51.7 Å². The topological polar surface area (TPSA) is 90.6 Å². The van der Waals surface area contributed by atoms with Crippen molar-refractivity contribution in [1.29, 1.82) is 0 Å². The SMILES string of the molecule is CCOCCCN1C(=O)/C(=C\c2c(N3CCN(CCO)CC3)nc3ccccn3c2=O)SC1=S. The van der Waals surface area contributed by atoms with Crippen LogP contribution < -0.4 is 10.5 Å². The molecule has 0 aromatic carbocycles. The zero-order valence-corrected chi connectivity index (χ0v) is 20.8. The fourth-order valence-corrected chi connectivity index (χ4v) is 5.37. The molecular formula is C23H29N5O4S2. The number of β-amino-alcohol motifs (C(OH)–C–C–N with tert-alkyl or cyclic N) is 1. The van der Waals surface area contributed by atoms with Crippen LogP contribution in [0.2, 0.25) is 0 Å². The van der Waals surface area contributed by atoms with Gasteiger partial charge in [0.05, 0.1) is 17.1 Å². The largest absolute Gasteiger partial charge is 0.395 e. The highest BCUT2D eigenvalue weighted by atomic mass is 32.2. The molecule has 9 nitrogen and oxygen atoms in total. The summed E-state index contributed by atoms with van der Waals surface area (Å²) in [4.78, 5) is 37.6. The Morgan fingerprint density at radius 1 is 1.21 bits per heavy atom. The van der Waals surface area contributed by atoms with E-state index >= 15 is 0 Å². The second-order valence-corrected chi connectivity index (χ2v) is 9.69. The molecule has 0 aliphatic carbocycles. The van der Waals surface area contributed by atoms with Gasteiger partial charge in [-0.25, -0.2) is 4.98 Å². The second-order valence-electron chi connectivity index (χ2n) is 8.02. The number of fused-ring (bicyclic) bond motifs is 1. The summed E-state index contributed by atoms with van der Waals surface area (Å²) in [6.45, 7) is 7.23. The molecule has 0 bridgehead atoms. The van der Waals surface area contributed by atoms with Gasteiger partial charge in [-0.05, 0) is 31.6 Å². The van der Waals surface area contributed by atoms with Crippen LogP contribution >= 0.6 is 24.0 Å². The summed E-state index contributed by atoms with van der Waals surface area (Å²) in [7, 11) is 0. The number of hydrogen-bond acceptors (Lipinski definition) is 9. The Morgan fingerprint density at radius 3 is 2.74 bits per heavy atom. The molecule has 1 amide bonds. The molecule has 4 heterocycles. The average molecular weight is 504 g/mol. The molecule has 0 atom stereocenters. The van der Waals surface area contributed by atoms with Crippen molar-refractivity contribution in [3.63, 3.8) is 0 Å². The quantitative estimate of drug-likeness (QED) is 0.310. The van der Waals surface area contributed by atoms with Crippen molar-refractivity contribution in [3.8, 4) is 0 Å². The van der Waals surface area contributed by atoms with Crippen LogP contribution in [0.1, 0.15) is 18.9 Å². The summed E-state index contributed by atoms with van der Waals surface area (Å²) in [5.41, 5.74) is 0.718. The molecule has 1 N–H and O–H groups in total. The maximum atomic E-state index is 13.5. The van der Waals surface area contributed by atoms with Gasteiger partial charge in [0.15, 0.2) is 0 Å². The predicted octanol–water partition coefficient (Wildman–Crippen LogP) is 1.44. The number of aliphatic hydroxyl groups excluding tert-OH is 1. The molecule has 2 aliphatic heterocycles. The minimum atomic E-state index is -0.222. The second kappa shape index (κ2) is 11.4. The number of aromatic nitrogens is 2. The van der Waals surface area contributed by atoms with Gasteiger partial charge in [0.25, 0.3) is 11.5 Å². The van der Waals surface area contributed by atoms with Crippen molar-refractivity contribution < 1.29 is 14.6 Å². The number of carbonyl (C=O) groups excluding carboxylic acids is 1. The normalized spacial score (nSPS) is 18.6. The van der Waals surface area contributed by atoms with E-state index in [4.69, 9.17) is 21.9 Å². The molecule has 0 spiro atoms. The van der Waals surface area contributed by atoms with Gasteiger partial charge >= 0.3 is 0 Å². The van der Waals surface area contributed by atoms with Crippen LogP contribution in [0.4, 0.5) is 5.82 Å². The van der Waals surface area contributed by atoms with Crippen LogP contribution in [0.25, 0.3) is 11.7 Å². The molecule has 0 saturated carbocycles. The Morgan fingerprint density at radius 2 is 2.00 bits per heavy atom. The molecule has 182 valence electrons. The molecule has 2 aromatic rings. The van der Waals surface area contributed by atoms with Gasteiger partial charge in [-0.15, -0.1) is 0 Å². The van der Waals surface area contributed by atoms with Crippen molar-refractivity contribution in [2.75, 3.05) is 64.0 Å². The Bertz CT molecular complexity index is 1140. The van der Waals surface area contributed by atoms with Gasteiger partial charge in [-0.3, -0.25) is 23.8 Å². The Kier molecular flexibility index (Phi) is 8.32. The van der Waals surface area contributed by atoms with Crippen LogP contribution in [-0.4, -0.2) is 93.6 Å². The van der Waals surface area contributed by atoms with Crippen LogP contribution in [0.3, 0.4) is 0 Å². The van der Waals surface area contributed by atoms with Crippen molar-refractivity contribution in [2.24, 2.45) is 0 Å². The van der Waals surface area contributed by atoms with Gasteiger partial charge in [-0.2, -0.15) is 0 Å². The number of amides is 1. The van der Waals surface area contributed by atoms with Crippen LogP contribution in [0.15, 0.2) is 34.1 Å². The summed E-state index contributed by atoms with van der Waals surface area (Å²) in [5, 5.41) is 9.23. The van der Waals surface area contributed by atoms with E-state index < -0.39 is 0 Å². The van der Waals surface area contributed by atoms with Crippen molar-refractivity contribution in [1.82, 2.24) is 19.2 Å². The molecule has 2 fully saturated rings. The van der Waals surface area contributed by atoms with Gasteiger partial charge in [0, 0.05) is 58.7 Å². The molecule has 0 radical (unpaired) electrons. The first-order chi connectivity index (χ1) is 16.5. The summed E-state index contributed by atoms with van der Waals surface area (Å²) in [6.07, 6.45) is 4.02. The first kappa shape index (κ1) is 24.8. The molecular weight excluding hydrogens is 474 g/mol. The highest BCUT2D eigenvalue weighted by molar-refractivity contribution is 8.26. The number of aliphatic hydroxyl groups is 1. The Balaban J connectivity index is 1.66. The number of pyridine rings is 1. The number of thioether (sulfide) groups is 1. The van der Waals surface area contributed by atoms with E-state index in [1.807, 2.05) is 13.0 Å².